The summed E-state index contributed by atoms with van der Waals surface area (Å²) in [5.74, 6) is -0.511. The van der Waals surface area contributed by atoms with Gasteiger partial charge in [0.15, 0.2) is 0 Å². The van der Waals surface area contributed by atoms with Crippen molar-refractivity contribution in [2.75, 3.05) is 6.61 Å². The SMILES string of the molecule is CCOC(=O)[C@H](/C=C/Cc1ccccc1)NC(=O)OC(C)(C)C. The van der Waals surface area contributed by atoms with Crippen LogP contribution in [0.5, 0.6) is 0 Å². The first kappa shape index (κ1) is 18.7. The van der Waals surface area contributed by atoms with Gasteiger partial charge in [-0.15, -0.1) is 0 Å². The lowest BCUT2D eigenvalue weighted by Gasteiger charge is -2.21. The molecule has 0 aliphatic carbocycles. The van der Waals surface area contributed by atoms with Gasteiger partial charge in [0.25, 0.3) is 0 Å². The van der Waals surface area contributed by atoms with Crippen molar-refractivity contribution in [1.82, 2.24) is 5.32 Å². The van der Waals surface area contributed by atoms with Crippen molar-refractivity contribution in [2.24, 2.45) is 0 Å². The maximum atomic E-state index is 11.9. The van der Waals surface area contributed by atoms with Crippen LogP contribution in [0.3, 0.4) is 0 Å². The van der Waals surface area contributed by atoms with Gasteiger partial charge in [0, 0.05) is 0 Å². The van der Waals surface area contributed by atoms with Gasteiger partial charge in [0.1, 0.15) is 11.6 Å². The smallest absolute Gasteiger partial charge is 0.408 e. The van der Waals surface area contributed by atoms with Gasteiger partial charge in [-0.3, -0.25) is 0 Å². The number of allylic oxidation sites excluding steroid dienone is 1. The molecular formula is C18H25NO4. The second kappa shape index (κ2) is 8.98. The number of carbonyl (C=O) groups is 2. The van der Waals surface area contributed by atoms with Gasteiger partial charge in [-0.2, -0.15) is 0 Å². The minimum atomic E-state index is -0.867. The number of ether oxygens (including phenoxy) is 2. The lowest BCUT2D eigenvalue weighted by molar-refractivity contribution is -0.144. The van der Waals surface area contributed by atoms with Gasteiger partial charge in [0.2, 0.25) is 0 Å². The second-order valence-corrected chi connectivity index (χ2v) is 5.99. The van der Waals surface area contributed by atoms with Crippen LogP contribution < -0.4 is 5.32 Å². The fourth-order valence-corrected chi connectivity index (χ4v) is 1.81. The molecular weight excluding hydrogens is 294 g/mol. The van der Waals surface area contributed by atoms with Crippen molar-refractivity contribution in [3.63, 3.8) is 0 Å². The van der Waals surface area contributed by atoms with Gasteiger partial charge in [-0.25, -0.2) is 9.59 Å². The van der Waals surface area contributed by atoms with Crippen LogP contribution in [0, 0.1) is 0 Å². The van der Waals surface area contributed by atoms with E-state index in [2.05, 4.69) is 5.32 Å². The molecule has 5 heteroatoms. The van der Waals surface area contributed by atoms with Crippen LogP contribution in [-0.2, 0) is 20.7 Å². The highest BCUT2D eigenvalue weighted by Gasteiger charge is 2.23. The van der Waals surface area contributed by atoms with Crippen molar-refractivity contribution in [2.45, 2.75) is 45.8 Å². The third-order valence-corrected chi connectivity index (χ3v) is 2.74. The number of amides is 1. The zero-order valence-corrected chi connectivity index (χ0v) is 14.2. The highest BCUT2D eigenvalue weighted by atomic mass is 16.6. The fraction of sp³-hybridized carbons (Fsp3) is 0.444. The molecule has 0 unspecified atom stereocenters. The highest BCUT2D eigenvalue weighted by molar-refractivity contribution is 5.83. The van der Waals surface area contributed by atoms with Crippen molar-refractivity contribution in [3.8, 4) is 0 Å². The van der Waals surface area contributed by atoms with Crippen molar-refractivity contribution in [3.05, 3.63) is 48.0 Å². The normalized spacial score (nSPS) is 12.7. The maximum Gasteiger partial charge on any atom is 0.408 e. The molecule has 5 nitrogen and oxygen atoms in total. The molecule has 1 N–H and O–H groups in total. The Balaban J connectivity index is 2.68. The number of rotatable bonds is 6. The number of hydrogen-bond acceptors (Lipinski definition) is 4. The lowest BCUT2D eigenvalue weighted by atomic mass is 10.1. The summed E-state index contributed by atoms with van der Waals surface area (Å²) in [4.78, 5) is 23.8. The van der Waals surface area contributed by atoms with Gasteiger partial charge < -0.3 is 14.8 Å². The standard InChI is InChI=1S/C18H25NO4/c1-5-22-16(20)15(19-17(21)23-18(2,3)4)13-9-12-14-10-7-6-8-11-14/h6-11,13,15H,5,12H2,1-4H3,(H,19,21)/b13-9+/t15-/m0/s1. The van der Waals surface area contributed by atoms with E-state index in [-0.39, 0.29) is 6.61 Å². The van der Waals surface area contributed by atoms with Gasteiger partial charge in [-0.05, 0) is 39.7 Å². The number of esters is 1. The topological polar surface area (TPSA) is 64.6 Å². The third kappa shape index (κ3) is 8.04. The summed E-state index contributed by atoms with van der Waals surface area (Å²) < 4.78 is 10.1. The molecule has 1 aromatic carbocycles. The van der Waals surface area contributed by atoms with E-state index in [1.165, 1.54) is 0 Å². The summed E-state index contributed by atoms with van der Waals surface area (Å²) in [5.41, 5.74) is 0.487. The molecule has 0 saturated carbocycles. The zero-order chi connectivity index (χ0) is 17.3. The Kier molecular flexibility index (Phi) is 7.32. The first-order valence-corrected chi connectivity index (χ1v) is 7.68. The zero-order valence-electron chi connectivity index (χ0n) is 14.2. The van der Waals surface area contributed by atoms with E-state index in [0.29, 0.717) is 6.42 Å². The predicted octanol–water partition coefficient (Wildman–Crippen LogP) is 3.24. The Labute approximate surface area is 137 Å². The molecule has 126 valence electrons. The molecule has 0 aliphatic rings. The van der Waals surface area contributed by atoms with E-state index in [1.807, 2.05) is 36.4 Å². The van der Waals surface area contributed by atoms with Crippen molar-refractivity contribution < 1.29 is 19.1 Å². The molecule has 1 amide bonds. The van der Waals surface area contributed by atoms with E-state index in [4.69, 9.17) is 9.47 Å². The van der Waals surface area contributed by atoms with E-state index >= 15 is 0 Å². The molecule has 0 bridgehead atoms. The summed E-state index contributed by atoms with van der Waals surface area (Å²) in [6, 6.07) is 8.96. The van der Waals surface area contributed by atoms with Crippen LogP contribution in [-0.4, -0.2) is 30.3 Å². The highest BCUT2D eigenvalue weighted by Crippen LogP contribution is 2.07. The van der Waals surface area contributed by atoms with E-state index in [9.17, 15) is 9.59 Å². The summed E-state index contributed by atoms with van der Waals surface area (Å²) >= 11 is 0. The Morgan fingerprint density at radius 3 is 2.43 bits per heavy atom. The molecule has 0 spiro atoms. The molecule has 1 atom stereocenters. The van der Waals surface area contributed by atoms with E-state index < -0.39 is 23.7 Å². The van der Waals surface area contributed by atoms with Gasteiger partial charge >= 0.3 is 12.1 Å². The van der Waals surface area contributed by atoms with Crippen LogP contribution in [0.25, 0.3) is 0 Å². The quantitative estimate of drug-likeness (QED) is 0.646. The number of alkyl carbamates (subject to hydrolysis) is 1. The first-order valence-electron chi connectivity index (χ1n) is 7.68. The van der Waals surface area contributed by atoms with E-state index in [1.54, 1.807) is 33.8 Å². The molecule has 0 saturated heterocycles. The second-order valence-electron chi connectivity index (χ2n) is 5.99. The first-order chi connectivity index (χ1) is 10.8. The van der Waals surface area contributed by atoms with Crippen LogP contribution in [0.15, 0.2) is 42.5 Å². The monoisotopic (exact) mass is 319 g/mol. The molecule has 23 heavy (non-hydrogen) atoms. The minimum absolute atomic E-state index is 0.248. The van der Waals surface area contributed by atoms with Crippen LogP contribution in [0.1, 0.15) is 33.3 Å². The van der Waals surface area contributed by atoms with E-state index in [0.717, 1.165) is 5.56 Å². The molecule has 0 aromatic heterocycles. The Morgan fingerprint density at radius 2 is 1.87 bits per heavy atom. The Hall–Kier alpha value is -2.30. The molecule has 0 aliphatic heterocycles. The number of benzene rings is 1. The molecule has 0 radical (unpaired) electrons. The third-order valence-electron chi connectivity index (χ3n) is 2.74. The van der Waals surface area contributed by atoms with Crippen molar-refractivity contribution >= 4 is 12.1 Å². The van der Waals surface area contributed by atoms with Crippen LogP contribution >= 0.6 is 0 Å². The van der Waals surface area contributed by atoms with Gasteiger partial charge in [-0.1, -0.05) is 42.5 Å². The van der Waals surface area contributed by atoms with Crippen LogP contribution in [0.4, 0.5) is 4.79 Å². The summed E-state index contributed by atoms with van der Waals surface area (Å²) in [6.45, 7) is 7.25. The Bertz CT molecular complexity index is 532. The predicted molar refractivity (Wildman–Crippen MR) is 89.1 cm³/mol. The minimum Gasteiger partial charge on any atom is -0.464 e. The summed E-state index contributed by atoms with van der Waals surface area (Å²) in [5, 5.41) is 2.52. The molecule has 1 aromatic rings. The number of carbonyl (C=O) groups excluding carboxylic acids is 2. The van der Waals surface area contributed by atoms with Gasteiger partial charge in [0.05, 0.1) is 6.61 Å². The van der Waals surface area contributed by atoms with Crippen LogP contribution in [0.2, 0.25) is 0 Å². The maximum absolute atomic E-state index is 11.9. The average Bonchev–Trinajstić information content (AvgIpc) is 2.45. The van der Waals surface area contributed by atoms with Crippen molar-refractivity contribution in [1.29, 1.82) is 0 Å². The average molecular weight is 319 g/mol. The largest absolute Gasteiger partial charge is 0.464 e. The Morgan fingerprint density at radius 1 is 1.22 bits per heavy atom. The fourth-order valence-electron chi connectivity index (χ4n) is 1.81. The number of hydrogen-bond donors (Lipinski definition) is 1. The summed E-state index contributed by atoms with van der Waals surface area (Å²) in [6.07, 6.45) is 3.45. The summed E-state index contributed by atoms with van der Waals surface area (Å²) in [7, 11) is 0. The lowest BCUT2D eigenvalue weighted by Crippen LogP contribution is -2.43. The number of nitrogens with one attached hydrogen (secondary N) is 1. The molecule has 0 fully saturated rings. The molecule has 0 heterocycles. The molecule has 1 rings (SSSR count).